The highest BCUT2D eigenvalue weighted by Crippen LogP contribution is 2.40. The fourth-order valence-corrected chi connectivity index (χ4v) is 1.87. The largest absolute Gasteiger partial charge is 0.313 e. The number of aryl methyl sites for hydroxylation is 1. The van der Waals surface area contributed by atoms with E-state index in [1.165, 1.54) is 18.4 Å². The molecule has 2 rings (SSSR count). The van der Waals surface area contributed by atoms with Crippen molar-refractivity contribution in [2.45, 2.75) is 25.8 Å². The minimum Gasteiger partial charge on any atom is -0.313 e. The Labute approximate surface area is 79.4 Å². The van der Waals surface area contributed by atoms with E-state index in [1.807, 2.05) is 20.2 Å². The Balaban J connectivity index is 2.21. The minimum atomic E-state index is 0.543. The summed E-state index contributed by atoms with van der Waals surface area (Å²) in [6.07, 6.45) is 4.64. The Hall–Kier alpha value is -0.890. The molecule has 0 spiro atoms. The van der Waals surface area contributed by atoms with Crippen LogP contribution in [0.3, 0.4) is 0 Å². The number of hydrogen-bond donors (Lipinski definition) is 1. The zero-order valence-corrected chi connectivity index (χ0v) is 8.25. The molecule has 0 aromatic carbocycles. The first kappa shape index (κ1) is 8.70. The van der Waals surface area contributed by atoms with Crippen LogP contribution in [-0.2, 0) is 0 Å². The van der Waals surface area contributed by atoms with Gasteiger partial charge in [0.15, 0.2) is 0 Å². The van der Waals surface area contributed by atoms with Crippen molar-refractivity contribution in [2.75, 3.05) is 7.05 Å². The van der Waals surface area contributed by atoms with Crippen molar-refractivity contribution >= 4 is 0 Å². The first-order valence-electron chi connectivity index (χ1n) is 4.91. The summed E-state index contributed by atoms with van der Waals surface area (Å²) >= 11 is 0. The Morgan fingerprint density at radius 2 is 2.31 bits per heavy atom. The second-order valence-electron chi connectivity index (χ2n) is 3.83. The third-order valence-electron chi connectivity index (χ3n) is 2.68. The third-order valence-corrected chi connectivity index (χ3v) is 2.68. The molecule has 1 heterocycles. The molecular formula is C11H16N2. The predicted octanol–water partition coefficient (Wildman–Crippen LogP) is 2.06. The molecule has 1 unspecified atom stereocenters. The maximum atomic E-state index is 4.21. The van der Waals surface area contributed by atoms with Gasteiger partial charge in [0, 0.05) is 17.9 Å². The van der Waals surface area contributed by atoms with Gasteiger partial charge in [0.25, 0.3) is 0 Å². The maximum absolute atomic E-state index is 4.21. The summed E-state index contributed by atoms with van der Waals surface area (Å²) in [5.41, 5.74) is 2.50. The SMILES string of the molecule is CNC(c1ccnc(C)c1)C1CC1. The van der Waals surface area contributed by atoms with Crippen molar-refractivity contribution in [3.8, 4) is 0 Å². The Kier molecular flexibility index (Phi) is 2.32. The van der Waals surface area contributed by atoms with Crippen LogP contribution in [0.5, 0.6) is 0 Å². The number of nitrogens with one attached hydrogen (secondary N) is 1. The van der Waals surface area contributed by atoms with Gasteiger partial charge in [-0.2, -0.15) is 0 Å². The lowest BCUT2D eigenvalue weighted by Crippen LogP contribution is -2.18. The molecule has 0 radical (unpaired) electrons. The first-order chi connectivity index (χ1) is 6.31. The molecule has 1 saturated carbocycles. The van der Waals surface area contributed by atoms with Gasteiger partial charge in [-0.15, -0.1) is 0 Å². The molecule has 1 aromatic heterocycles. The zero-order valence-electron chi connectivity index (χ0n) is 8.25. The van der Waals surface area contributed by atoms with E-state index in [1.54, 1.807) is 0 Å². The number of rotatable bonds is 3. The van der Waals surface area contributed by atoms with Crippen LogP contribution in [0.25, 0.3) is 0 Å². The summed E-state index contributed by atoms with van der Waals surface area (Å²) in [6.45, 7) is 2.04. The van der Waals surface area contributed by atoms with Gasteiger partial charge >= 0.3 is 0 Å². The van der Waals surface area contributed by atoms with Crippen LogP contribution in [0, 0.1) is 12.8 Å². The van der Waals surface area contributed by atoms with Crippen LogP contribution in [0.1, 0.15) is 30.1 Å². The van der Waals surface area contributed by atoms with Crippen molar-refractivity contribution in [3.63, 3.8) is 0 Å². The van der Waals surface area contributed by atoms with Gasteiger partial charge in [0.1, 0.15) is 0 Å². The minimum absolute atomic E-state index is 0.543. The number of nitrogens with zero attached hydrogens (tertiary/aromatic N) is 1. The lowest BCUT2D eigenvalue weighted by Gasteiger charge is -2.15. The van der Waals surface area contributed by atoms with Crippen molar-refractivity contribution in [2.24, 2.45) is 5.92 Å². The van der Waals surface area contributed by atoms with Crippen molar-refractivity contribution in [1.29, 1.82) is 0 Å². The summed E-state index contributed by atoms with van der Waals surface area (Å²) in [5.74, 6) is 0.854. The van der Waals surface area contributed by atoms with E-state index in [0.29, 0.717) is 6.04 Å². The number of aromatic nitrogens is 1. The molecule has 1 aliphatic rings. The van der Waals surface area contributed by atoms with E-state index in [9.17, 15) is 0 Å². The van der Waals surface area contributed by atoms with Crippen LogP contribution >= 0.6 is 0 Å². The van der Waals surface area contributed by atoms with Crippen molar-refractivity contribution in [3.05, 3.63) is 29.6 Å². The molecule has 0 bridgehead atoms. The van der Waals surface area contributed by atoms with Gasteiger partial charge in [-0.1, -0.05) is 0 Å². The van der Waals surface area contributed by atoms with E-state index in [-0.39, 0.29) is 0 Å². The zero-order chi connectivity index (χ0) is 9.26. The second-order valence-corrected chi connectivity index (χ2v) is 3.83. The Morgan fingerprint density at radius 3 is 2.85 bits per heavy atom. The average Bonchev–Trinajstić information content (AvgIpc) is 2.90. The molecule has 0 aliphatic heterocycles. The van der Waals surface area contributed by atoms with Gasteiger partial charge in [-0.25, -0.2) is 0 Å². The molecule has 0 amide bonds. The molecule has 1 aromatic rings. The molecule has 13 heavy (non-hydrogen) atoms. The van der Waals surface area contributed by atoms with E-state index < -0.39 is 0 Å². The topological polar surface area (TPSA) is 24.9 Å². The first-order valence-corrected chi connectivity index (χ1v) is 4.91. The molecule has 1 fully saturated rings. The van der Waals surface area contributed by atoms with Crippen molar-refractivity contribution < 1.29 is 0 Å². The predicted molar refractivity (Wildman–Crippen MR) is 53.5 cm³/mol. The number of hydrogen-bond acceptors (Lipinski definition) is 2. The van der Waals surface area contributed by atoms with E-state index in [2.05, 4.69) is 22.4 Å². The average molecular weight is 176 g/mol. The smallest absolute Gasteiger partial charge is 0.0375 e. The van der Waals surface area contributed by atoms with E-state index >= 15 is 0 Å². The van der Waals surface area contributed by atoms with Crippen LogP contribution < -0.4 is 5.32 Å². The highest BCUT2D eigenvalue weighted by atomic mass is 14.9. The second kappa shape index (κ2) is 3.46. The van der Waals surface area contributed by atoms with Gasteiger partial charge in [-0.3, -0.25) is 4.98 Å². The summed E-state index contributed by atoms with van der Waals surface area (Å²) in [4.78, 5) is 4.21. The molecule has 1 N–H and O–H groups in total. The molecule has 1 atom stereocenters. The van der Waals surface area contributed by atoms with Gasteiger partial charge in [0.2, 0.25) is 0 Å². The summed E-state index contributed by atoms with van der Waals surface area (Å²) in [7, 11) is 2.04. The molecular weight excluding hydrogens is 160 g/mol. The number of pyridine rings is 1. The van der Waals surface area contributed by atoms with Gasteiger partial charge < -0.3 is 5.32 Å². The van der Waals surface area contributed by atoms with Crippen LogP contribution in [0.2, 0.25) is 0 Å². The highest BCUT2D eigenvalue weighted by molar-refractivity contribution is 5.21. The Bertz CT molecular complexity index is 292. The lowest BCUT2D eigenvalue weighted by molar-refractivity contribution is 0.528. The summed E-state index contributed by atoms with van der Waals surface area (Å²) in [6, 6.07) is 4.84. The normalized spacial score (nSPS) is 18.6. The Morgan fingerprint density at radius 1 is 1.54 bits per heavy atom. The lowest BCUT2D eigenvalue weighted by atomic mass is 10.0. The molecule has 2 nitrogen and oxygen atoms in total. The standard InChI is InChI=1S/C11H16N2/c1-8-7-10(5-6-13-8)11(12-2)9-3-4-9/h5-7,9,11-12H,3-4H2,1-2H3. The van der Waals surface area contributed by atoms with Crippen molar-refractivity contribution in [1.82, 2.24) is 10.3 Å². The summed E-state index contributed by atoms with van der Waals surface area (Å²) in [5, 5.41) is 3.38. The fraction of sp³-hybridized carbons (Fsp3) is 0.545. The van der Waals surface area contributed by atoms with E-state index in [0.717, 1.165) is 11.6 Å². The molecule has 1 aliphatic carbocycles. The monoisotopic (exact) mass is 176 g/mol. The van der Waals surface area contributed by atoms with Gasteiger partial charge in [-0.05, 0) is 50.4 Å². The highest BCUT2D eigenvalue weighted by Gasteiger charge is 2.31. The van der Waals surface area contributed by atoms with Crippen LogP contribution in [0.4, 0.5) is 0 Å². The molecule has 2 heteroatoms. The maximum Gasteiger partial charge on any atom is 0.0375 e. The van der Waals surface area contributed by atoms with E-state index in [4.69, 9.17) is 0 Å². The fourth-order valence-electron chi connectivity index (χ4n) is 1.87. The summed E-state index contributed by atoms with van der Waals surface area (Å²) < 4.78 is 0. The molecule has 0 saturated heterocycles. The third kappa shape index (κ3) is 1.89. The van der Waals surface area contributed by atoms with Gasteiger partial charge in [0.05, 0.1) is 0 Å². The van der Waals surface area contributed by atoms with Crippen LogP contribution in [0.15, 0.2) is 18.3 Å². The van der Waals surface area contributed by atoms with Crippen LogP contribution in [-0.4, -0.2) is 12.0 Å². The quantitative estimate of drug-likeness (QED) is 0.762. The molecule has 70 valence electrons.